The summed E-state index contributed by atoms with van der Waals surface area (Å²) in [6, 6.07) is 11.2. The van der Waals surface area contributed by atoms with Gasteiger partial charge in [-0.3, -0.25) is 0 Å². The van der Waals surface area contributed by atoms with Crippen molar-refractivity contribution in [1.82, 2.24) is 15.0 Å². The summed E-state index contributed by atoms with van der Waals surface area (Å²) >= 11 is 0. The molecule has 0 saturated heterocycles. The Labute approximate surface area is 194 Å². The zero-order valence-electron chi connectivity index (χ0n) is 17.3. The molecule has 6 nitrogen and oxygen atoms in total. The number of imidazole rings is 1. The number of nitrogens with one attached hydrogen (secondary N) is 1. The van der Waals surface area contributed by atoms with Gasteiger partial charge in [-0.15, -0.1) is 0 Å². The van der Waals surface area contributed by atoms with Crippen LogP contribution in [0.4, 0.5) is 26.3 Å². The fourth-order valence-corrected chi connectivity index (χ4v) is 3.81. The highest BCUT2D eigenvalue weighted by atomic mass is 32.2. The van der Waals surface area contributed by atoms with E-state index < -0.39 is 33.6 Å². The normalized spacial score (nSPS) is 12.7. The first-order chi connectivity index (χ1) is 16.2. The van der Waals surface area contributed by atoms with Crippen LogP contribution >= 0.6 is 0 Å². The first kappa shape index (κ1) is 24.4. The van der Waals surface area contributed by atoms with Gasteiger partial charge >= 0.3 is 12.4 Å². The highest BCUT2D eigenvalue weighted by Gasteiger charge is 2.34. The van der Waals surface area contributed by atoms with Crippen molar-refractivity contribution in [2.45, 2.75) is 17.2 Å². The smallest absolute Gasteiger partial charge is 0.337 e. The standard InChI is InChI=1S/C22H14F6N4O2S/c23-21(24,25)15-6-4-12(5-7-15)14-9-17(31-19(10-14)22(26,27)28)20-30-11-18(32-20)13-2-1-3-16(8-13)35(29,33)34/h1-11H,(H,30,32)(H2,29,33,34). The Morgan fingerprint density at radius 3 is 2.09 bits per heavy atom. The van der Waals surface area contributed by atoms with Crippen LogP contribution in [0, 0.1) is 0 Å². The zero-order chi connectivity index (χ0) is 25.6. The molecule has 0 spiro atoms. The van der Waals surface area contributed by atoms with Crippen LogP contribution in [0.15, 0.2) is 71.8 Å². The lowest BCUT2D eigenvalue weighted by Gasteiger charge is -2.12. The number of hydrogen-bond acceptors (Lipinski definition) is 4. The van der Waals surface area contributed by atoms with E-state index in [1.807, 2.05) is 0 Å². The minimum Gasteiger partial charge on any atom is -0.337 e. The van der Waals surface area contributed by atoms with Crippen molar-refractivity contribution in [2.24, 2.45) is 5.14 Å². The van der Waals surface area contributed by atoms with Gasteiger partial charge in [0.25, 0.3) is 0 Å². The third-order valence-electron chi connectivity index (χ3n) is 4.95. The van der Waals surface area contributed by atoms with E-state index in [1.165, 1.54) is 30.5 Å². The summed E-state index contributed by atoms with van der Waals surface area (Å²) in [5, 5.41) is 5.13. The molecule has 0 aliphatic rings. The van der Waals surface area contributed by atoms with Crippen LogP contribution in [-0.2, 0) is 22.4 Å². The molecule has 0 unspecified atom stereocenters. The first-order valence-electron chi connectivity index (χ1n) is 9.67. The molecule has 4 aromatic rings. The summed E-state index contributed by atoms with van der Waals surface area (Å²) in [7, 11) is -3.99. The van der Waals surface area contributed by atoms with Crippen molar-refractivity contribution in [1.29, 1.82) is 0 Å². The molecule has 0 saturated carbocycles. The number of nitrogens with zero attached hydrogens (tertiary/aromatic N) is 2. The largest absolute Gasteiger partial charge is 0.433 e. The van der Waals surface area contributed by atoms with E-state index in [-0.39, 0.29) is 33.2 Å². The summed E-state index contributed by atoms with van der Waals surface area (Å²) in [6.07, 6.45) is -8.16. The predicted molar refractivity (Wildman–Crippen MR) is 114 cm³/mol. The van der Waals surface area contributed by atoms with Gasteiger partial charge in [-0.05, 0) is 47.5 Å². The molecule has 3 N–H and O–H groups in total. The molecule has 4 rings (SSSR count). The van der Waals surface area contributed by atoms with E-state index in [0.29, 0.717) is 5.56 Å². The Balaban J connectivity index is 1.78. The average Bonchev–Trinajstić information content (AvgIpc) is 3.28. The van der Waals surface area contributed by atoms with Crippen LogP contribution in [0.5, 0.6) is 0 Å². The highest BCUT2D eigenvalue weighted by molar-refractivity contribution is 7.89. The average molecular weight is 512 g/mol. The SMILES string of the molecule is NS(=O)(=O)c1cccc(-c2cnc(-c3cc(-c4ccc(C(F)(F)F)cc4)cc(C(F)(F)F)n3)[nH]2)c1. The van der Waals surface area contributed by atoms with E-state index >= 15 is 0 Å². The number of H-pyrrole nitrogens is 1. The molecule has 0 amide bonds. The Hall–Kier alpha value is -3.71. The predicted octanol–water partition coefficient (Wildman–Crippen LogP) is 5.49. The van der Waals surface area contributed by atoms with E-state index in [0.717, 1.165) is 30.3 Å². The van der Waals surface area contributed by atoms with Gasteiger partial charge in [0.15, 0.2) is 5.82 Å². The molecule has 2 heterocycles. The van der Waals surface area contributed by atoms with Gasteiger partial charge in [-0.1, -0.05) is 24.3 Å². The number of sulfonamides is 1. The van der Waals surface area contributed by atoms with Gasteiger partial charge in [-0.2, -0.15) is 26.3 Å². The summed E-state index contributed by atoms with van der Waals surface area (Å²) in [5.41, 5.74) is -1.71. The van der Waals surface area contributed by atoms with Crippen molar-refractivity contribution in [3.63, 3.8) is 0 Å². The minimum absolute atomic E-state index is 0.0229. The number of pyridine rings is 1. The second-order valence-electron chi connectivity index (χ2n) is 7.42. The van der Waals surface area contributed by atoms with Crippen molar-refractivity contribution in [3.05, 3.63) is 78.1 Å². The van der Waals surface area contributed by atoms with E-state index in [9.17, 15) is 34.8 Å². The van der Waals surface area contributed by atoms with E-state index in [4.69, 9.17) is 5.14 Å². The number of alkyl halides is 6. The molecular formula is C22H14F6N4O2S. The maximum atomic E-state index is 13.5. The van der Waals surface area contributed by atoms with Crippen molar-refractivity contribution in [2.75, 3.05) is 0 Å². The summed E-state index contributed by atoms with van der Waals surface area (Å²) < 4.78 is 102. The van der Waals surface area contributed by atoms with Gasteiger partial charge in [0.2, 0.25) is 10.0 Å². The summed E-state index contributed by atoms with van der Waals surface area (Å²) in [6.45, 7) is 0. The molecule has 2 aromatic heterocycles. The second kappa shape index (κ2) is 8.50. The molecule has 0 fully saturated rings. The van der Waals surface area contributed by atoms with Gasteiger partial charge in [0.1, 0.15) is 11.4 Å². The van der Waals surface area contributed by atoms with Gasteiger partial charge in [0.05, 0.1) is 22.3 Å². The van der Waals surface area contributed by atoms with Crippen LogP contribution in [0.3, 0.4) is 0 Å². The van der Waals surface area contributed by atoms with Crippen molar-refractivity contribution < 1.29 is 34.8 Å². The van der Waals surface area contributed by atoms with E-state index in [1.54, 1.807) is 6.07 Å². The molecule has 0 aliphatic heterocycles. The molecule has 0 aliphatic carbocycles. The molecule has 0 radical (unpaired) electrons. The first-order valence-corrected chi connectivity index (χ1v) is 11.2. The van der Waals surface area contributed by atoms with Gasteiger partial charge in [0, 0.05) is 5.56 Å². The summed E-state index contributed by atoms with van der Waals surface area (Å²) in [4.78, 5) is 10.3. The topological polar surface area (TPSA) is 102 Å². The van der Waals surface area contributed by atoms with Crippen LogP contribution in [0.25, 0.3) is 33.9 Å². The lowest BCUT2D eigenvalue weighted by Crippen LogP contribution is -2.11. The highest BCUT2D eigenvalue weighted by Crippen LogP contribution is 2.35. The summed E-state index contributed by atoms with van der Waals surface area (Å²) in [5.74, 6) is -0.0692. The number of rotatable bonds is 4. The van der Waals surface area contributed by atoms with Gasteiger partial charge in [-0.25, -0.2) is 23.5 Å². The molecule has 0 atom stereocenters. The van der Waals surface area contributed by atoms with Crippen molar-refractivity contribution >= 4 is 10.0 Å². The monoisotopic (exact) mass is 512 g/mol. The molecule has 0 bridgehead atoms. The number of aromatic amines is 1. The van der Waals surface area contributed by atoms with Crippen LogP contribution in [0.2, 0.25) is 0 Å². The maximum absolute atomic E-state index is 13.5. The van der Waals surface area contributed by atoms with Crippen LogP contribution in [-0.4, -0.2) is 23.4 Å². The number of primary sulfonamides is 1. The van der Waals surface area contributed by atoms with Crippen LogP contribution < -0.4 is 5.14 Å². The Bertz CT molecular complexity index is 1490. The Kier molecular flexibility index (Phi) is 5.93. The lowest BCUT2D eigenvalue weighted by atomic mass is 10.0. The Morgan fingerprint density at radius 2 is 1.49 bits per heavy atom. The quantitative estimate of drug-likeness (QED) is 0.353. The minimum atomic E-state index is -4.84. The maximum Gasteiger partial charge on any atom is 0.433 e. The lowest BCUT2D eigenvalue weighted by molar-refractivity contribution is -0.141. The zero-order valence-corrected chi connectivity index (χ0v) is 18.1. The molecular weight excluding hydrogens is 498 g/mol. The molecule has 2 aromatic carbocycles. The van der Waals surface area contributed by atoms with Crippen LogP contribution in [0.1, 0.15) is 11.3 Å². The number of benzene rings is 2. The Morgan fingerprint density at radius 1 is 0.800 bits per heavy atom. The molecule has 13 heteroatoms. The second-order valence-corrected chi connectivity index (χ2v) is 8.98. The fourth-order valence-electron chi connectivity index (χ4n) is 3.25. The molecule has 182 valence electrons. The van der Waals surface area contributed by atoms with Crippen molar-refractivity contribution in [3.8, 4) is 33.9 Å². The fraction of sp³-hybridized carbons (Fsp3) is 0.0909. The number of nitrogens with two attached hydrogens (primary N) is 1. The van der Waals surface area contributed by atoms with E-state index in [2.05, 4.69) is 15.0 Å². The third kappa shape index (κ3) is 5.35. The third-order valence-corrected chi connectivity index (χ3v) is 5.86. The number of hydrogen-bond donors (Lipinski definition) is 2. The van der Waals surface area contributed by atoms with Gasteiger partial charge < -0.3 is 4.98 Å². The number of aromatic nitrogens is 3. The number of halogens is 6. The molecule has 35 heavy (non-hydrogen) atoms.